The number of nitrogens with one attached hydrogen (secondary N) is 1. The second kappa shape index (κ2) is 5.35. The SMILES string of the molecule is CCN1CCCC(Nc2nc3ccc(N)cc3s2)C1. The first-order valence-corrected chi connectivity index (χ1v) is 7.71. The molecule has 0 amide bonds. The number of benzene rings is 1. The predicted molar refractivity (Wildman–Crippen MR) is 82.8 cm³/mol. The molecule has 102 valence electrons. The molecule has 0 aliphatic carbocycles. The molecule has 2 aromatic rings. The smallest absolute Gasteiger partial charge is 0.184 e. The molecule has 1 aliphatic rings. The van der Waals surface area contributed by atoms with Crippen LogP contribution >= 0.6 is 11.3 Å². The van der Waals surface area contributed by atoms with Crippen molar-refractivity contribution >= 4 is 32.4 Å². The van der Waals surface area contributed by atoms with Crippen molar-refractivity contribution in [1.82, 2.24) is 9.88 Å². The van der Waals surface area contributed by atoms with Gasteiger partial charge in [-0.25, -0.2) is 4.98 Å². The highest BCUT2D eigenvalue weighted by Gasteiger charge is 2.19. The second-order valence-electron chi connectivity index (χ2n) is 5.12. The van der Waals surface area contributed by atoms with Crippen LogP contribution in [0.25, 0.3) is 10.2 Å². The van der Waals surface area contributed by atoms with E-state index < -0.39 is 0 Å². The third kappa shape index (κ3) is 2.82. The summed E-state index contributed by atoms with van der Waals surface area (Å²) in [7, 11) is 0. The van der Waals surface area contributed by atoms with Crippen LogP contribution in [-0.4, -0.2) is 35.6 Å². The van der Waals surface area contributed by atoms with Crippen molar-refractivity contribution in [2.24, 2.45) is 0 Å². The van der Waals surface area contributed by atoms with Crippen molar-refractivity contribution in [2.45, 2.75) is 25.8 Å². The topological polar surface area (TPSA) is 54.2 Å². The Morgan fingerprint density at radius 1 is 1.53 bits per heavy atom. The third-order valence-electron chi connectivity index (χ3n) is 3.69. The number of nitrogen functional groups attached to an aromatic ring is 1. The first kappa shape index (κ1) is 12.7. The number of nitrogens with two attached hydrogens (primary N) is 1. The van der Waals surface area contributed by atoms with E-state index in [2.05, 4.69) is 22.1 Å². The predicted octanol–water partition coefficient (Wildman–Crippen LogP) is 2.77. The minimum absolute atomic E-state index is 0.520. The first-order valence-electron chi connectivity index (χ1n) is 6.89. The van der Waals surface area contributed by atoms with Gasteiger partial charge in [0, 0.05) is 18.3 Å². The Labute approximate surface area is 117 Å². The van der Waals surface area contributed by atoms with Gasteiger partial charge in [-0.15, -0.1) is 0 Å². The molecule has 0 saturated carbocycles. The normalized spacial score (nSPS) is 20.8. The molecule has 1 unspecified atom stereocenters. The van der Waals surface area contributed by atoms with Crippen molar-refractivity contribution in [1.29, 1.82) is 0 Å². The Bertz CT molecular complexity index is 566. The van der Waals surface area contributed by atoms with Gasteiger partial charge in [-0.2, -0.15) is 0 Å². The number of aromatic nitrogens is 1. The highest BCUT2D eigenvalue weighted by Crippen LogP contribution is 2.28. The van der Waals surface area contributed by atoms with E-state index in [0.29, 0.717) is 6.04 Å². The zero-order chi connectivity index (χ0) is 13.2. The summed E-state index contributed by atoms with van der Waals surface area (Å²) in [5, 5.41) is 4.60. The van der Waals surface area contributed by atoms with Crippen LogP contribution in [-0.2, 0) is 0 Å². The van der Waals surface area contributed by atoms with Crippen molar-refractivity contribution < 1.29 is 0 Å². The van der Waals surface area contributed by atoms with Crippen molar-refractivity contribution in [3.63, 3.8) is 0 Å². The fraction of sp³-hybridized carbons (Fsp3) is 0.500. The maximum absolute atomic E-state index is 5.81. The lowest BCUT2D eigenvalue weighted by Gasteiger charge is -2.32. The van der Waals surface area contributed by atoms with Crippen LogP contribution in [0.3, 0.4) is 0 Å². The summed E-state index contributed by atoms with van der Waals surface area (Å²) in [6, 6.07) is 6.42. The van der Waals surface area contributed by atoms with Crippen LogP contribution in [0.15, 0.2) is 18.2 Å². The standard InChI is InChI=1S/C14H20N4S/c1-2-18-7-3-4-11(9-18)16-14-17-12-6-5-10(15)8-13(12)19-14/h5-6,8,11H,2-4,7,9,15H2,1H3,(H,16,17). The van der Waals surface area contributed by atoms with Crippen LogP contribution in [0, 0.1) is 0 Å². The molecule has 1 atom stereocenters. The number of piperidine rings is 1. The molecule has 1 aromatic heterocycles. The highest BCUT2D eigenvalue weighted by molar-refractivity contribution is 7.22. The van der Waals surface area contributed by atoms with Gasteiger partial charge in [-0.3, -0.25) is 0 Å². The molecule has 1 aromatic carbocycles. The van der Waals surface area contributed by atoms with Crippen molar-refractivity contribution in [2.75, 3.05) is 30.7 Å². The zero-order valence-electron chi connectivity index (χ0n) is 11.2. The molecule has 3 rings (SSSR count). The molecule has 0 radical (unpaired) electrons. The molecule has 1 aliphatic heterocycles. The summed E-state index contributed by atoms with van der Waals surface area (Å²) in [5.41, 5.74) is 7.64. The largest absolute Gasteiger partial charge is 0.399 e. The van der Waals surface area contributed by atoms with Crippen LogP contribution in [0.5, 0.6) is 0 Å². The Hall–Kier alpha value is -1.33. The monoisotopic (exact) mass is 276 g/mol. The van der Waals surface area contributed by atoms with Gasteiger partial charge in [0.25, 0.3) is 0 Å². The number of rotatable bonds is 3. The average molecular weight is 276 g/mol. The number of nitrogens with zero attached hydrogens (tertiary/aromatic N) is 2. The Kier molecular flexibility index (Phi) is 3.57. The lowest BCUT2D eigenvalue weighted by atomic mass is 10.1. The second-order valence-corrected chi connectivity index (χ2v) is 6.15. The van der Waals surface area contributed by atoms with E-state index in [-0.39, 0.29) is 0 Å². The van der Waals surface area contributed by atoms with Gasteiger partial charge in [0.2, 0.25) is 0 Å². The number of likely N-dealkylation sites (tertiary alicyclic amines) is 1. The minimum Gasteiger partial charge on any atom is -0.399 e. The van der Waals surface area contributed by atoms with E-state index >= 15 is 0 Å². The van der Waals surface area contributed by atoms with Crippen LogP contribution < -0.4 is 11.1 Å². The number of fused-ring (bicyclic) bond motifs is 1. The number of likely N-dealkylation sites (N-methyl/N-ethyl adjacent to an activating group) is 1. The molecule has 2 heterocycles. The van der Waals surface area contributed by atoms with Gasteiger partial charge in [0.15, 0.2) is 5.13 Å². The van der Waals surface area contributed by atoms with Crippen LogP contribution in [0.4, 0.5) is 10.8 Å². The molecular weight excluding hydrogens is 256 g/mol. The first-order chi connectivity index (χ1) is 9.24. The van der Waals surface area contributed by atoms with E-state index in [1.807, 2.05) is 18.2 Å². The molecule has 19 heavy (non-hydrogen) atoms. The summed E-state index contributed by atoms with van der Waals surface area (Å²) >= 11 is 1.69. The Balaban J connectivity index is 1.74. The van der Waals surface area contributed by atoms with Gasteiger partial charge >= 0.3 is 0 Å². The number of thiazole rings is 1. The molecule has 1 fully saturated rings. The van der Waals surface area contributed by atoms with Gasteiger partial charge < -0.3 is 16.0 Å². The molecule has 5 heteroatoms. The summed E-state index contributed by atoms with van der Waals surface area (Å²) in [5.74, 6) is 0. The maximum Gasteiger partial charge on any atom is 0.184 e. The molecule has 0 bridgehead atoms. The summed E-state index contributed by atoms with van der Waals surface area (Å²) in [6.45, 7) is 5.71. The van der Waals surface area contributed by atoms with Crippen LogP contribution in [0.2, 0.25) is 0 Å². The van der Waals surface area contributed by atoms with Crippen LogP contribution in [0.1, 0.15) is 19.8 Å². The third-order valence-corrected chi connectivity index (χ3v) is 4.64. The quantitative estimate of drug-likeness (QED) is 0.846. The summed E-state index contributed by atoms with van der Waals surface area (Å²) in [6.07, 6.45) is 2.50. The molecule has 3 N–H and O–H groups in total. The van der Waals surface area contributed by atoms with Crippen molar-refractivity contribution in [3.8, 4) is 0 Å². The van der Waals surface area contributed by atoms with Gasteiger partial charge in [-0.05, 0) is 44.1 Å². The minimum atomic E-state index is 0.520. The Morgan fingerprint density at radius 2 is 2.42 bits per heavy atom. The lowest BCUT2D eigenvalue weighted by Crippen LogP contribution is -2.41. The van der Waals surface area contributed by atoms with E-state index in [1.54, 1.807) is 11.3 Å². The Morgan fingerprint density at radius 3 is 3.26 bits per heavy atom. The zero-order valence-corrected chi connectivity index (χ0v) is 12.0. The fourth-order valence-electron chi connectivity index (χ4n) is 2.64. The maximum atomic E-state index is 5.81. The van der Waals surface area contributed by atoms with E-state index in [4.69, 9.17) is 5.73 Å². The average Bonchev–Trinajstić information content (AvgIpc) is 2.80. The van der Waals surface area contributed by atoms with Crippen molar-refractivity contribution in [3.05, 3.63) is 18.2 Å². The molecule has 0 spiro atoms. The van der Waals surface area contributed by atoms with Gasteiger partial charge in [0.1, 0.15) is 0 Å². The molecule has 1 saturated heterocycles. The van der Waals surface area contributed by atoms with Gasteiger partial charge in [0.05, 0.1) is 10.2 Å². The summed E-state index contributed by atoms with van der Waals surface area (Å²) < 4.78 is 1.16. The van der Waals surface area contributed by atoms with E-state index in [9.17, 15) is 0 Å². The van der Waals surface area contributed by atoms with Gasteiger partial charge in [-0.1, -0.05) is 18.3 Å². The van der Waals surface area contributed by atoms with E-state index in [1.165, 1.54) is 19.4 Å². The highest BCUT2D eigenvalue weighted by atomic mass is 32.1. The number of anilines is 2. The molecular formula is C14H20N4S. The lowest BCUT2D eigenvalue weighted by molar-refractivity contribution is 0.227. The van der Waals surface area contributed by atoms with E-state index in [0.717, 1.165) is 34.1 Å². The fourth-order valence-corrected chi connectivity index (χ4v) is 3.63. The number of hydrogen-bond donors (Lipinski definition) is 2. The molecule has 4 nitrogen and oxygen atoms in total. The number of hydrogen-bond acceptors (Lipinski definition) is 5. The summed E-state index contributed by atoms with van der Waals surface area (Å²) in [4.78, 5) is 7.12.